The fourth-order valence-electron chi connectivity index (χ4n) is 3.35. The van der Waals surface area contributed by atoms with Crippen LogP contribution in [0.2, 0.25) is 0 Å². The van der Waals surface area contributed by atoms with Crippen LogP contribution in [0.15, 0.2) is 12.3 Å². The van der Waals surface area contributed by atoms with Gasteiger partial charge in [-0.15, -0.1) is 0 Å². The first-order valence-electron chi connectivity index (χ1n) is 8.56. The van der Waals surface area contributed by atoms with Crippen molar-refractivity contribution in [1.29, 1.82) is 0 Å². The number of nitrogens with zero attached hydrogens (tertiary/aromatic N) is 1. The van der Waals surface area contributed by atoms with E-state index in [1.54, 1.807) is 0 Å². The van der Waals surface area contributed by atoms with Crippen molar-refractivity contribution in [1.82, 2.24) is 4.57 Å². The van der Waals surface area contributed by atoms with Crippen molar-refractivity contribution in [3.8, 4) is 0 Å². The van der Waals surface area contributed by atoms with Crippen LogP contribution in [0.25, 0.3) is 0 Å². The van der Waals surface area contributed by atoms with Gasteiger partial charge in [-0.05, 0) is 49.7 Å². The highest BCUT2D eigenvalue weighted by atomic mass is 16.5. The summed E-state index contributed by atoms with van der Waals surface area (Å²) >= 11 is 0. The predicted octanol–water partition coefficient (Wildman–Crippen LogP) is 5.43. The van der Waals surface area contributed by atoms with Gasteiger partial charge in [0.15, 0.2) is 0 Å². The number of aromatic nitrogens is 1. The van der Waals surface area contributed by atoms with E-state index in [4.69, 9.17) is 4.74 Å². The van der Waals surface area contributed by atoms with Gasteiger partial charge in [0.2, 0.25) is 0 Å². The fraction of sp³-hybridized carbons (Fsp3) is 0.778. The highest BCUT2D eigenvalue weighted by Gasteiger charge is 2.28. The predicted molar refractivity (Wildman–Crippen MR) is 85.2 cm³/mol. The molecule has 1 fully saturated rings. The summed E-state index contributed by atoms with van der Waals surface area (Å²) in [6.07, 6.45) is 11.5. The Morgan fingerprint density at radius 3 is 2.75 bits per heavy atom. The number of hydrogen-bond donors (Lipinski definition) is 0. The number of unbranched alkanes of at least 4 members (excludes halogenated alkanes) is 1. The van der Waals surface area contributed by atoms with Crippen molar-refractivity contribution in [3.63, 3.8) is 0 Å². The topological polar surface area (TPSA) is 14.2 Å². The summed E-state index contributed by atoms with van der Waals surface area (Å²) < 4.78 is 8.74. The summed E-state index contributed by atoms with van der Waals surface area (Å²) in [5, 5.41) is 0. The summed E-state index contributed by atoms with van der Waals surface area (Å²) in [5.41, 5.74) is 3.01. The Hall–Kier alpha value is -0.760. The first kappa shape index (κ1) is 15.6. The van der Waals surface area contributed by atoms with E-state index in [1.165, 1.54) is 49.8 Å². The molecule has 0 aliphatic carbocycles. The number of rotatable bonds is 7. The van der Waals surface area contributed by atoms with Gasteiger partial charge in [-0.25, -0.2) is 0 Å². The largest absolute Gasteiger partial charge is 0.355 e. The summed E-state index contributed by atoms with van der Waals surface area (Å²) in [4.78, 5) is 0. The Labute approximate surface area is 124 Å². The second-order valence-corrected chi connectivity index (χ2v) is 6.23. The highest BCUT2D eigenvalue weighted by molar-refractivity contribution is 5.26. The van der Waals surface area contributed by atoms with Crippen LogP contribution in [0, 0.1) is 0 Å². The van der Waals surface area contributed by atoms with Gasteiger partial charge in [0.1, 0.15) is 6.23 Å². The third-order valence-electron chi connectivity index (χ3n) is 4.78. The van der Waals surface area contributed by atoms with Crippen LogP contribution in [-0.2, 0) is 11.2 Å². The molecule has 2 heterocycles. The lowest BCUT2D eigenvalue weighted by Crippen LogP contribution is -2.15. The molecule has 114 valence electrons. The van der Waals surface area contributed by atoms with E-state index in [-0.39, 0.29) is 6.23 Å². The maximum absolute atomic E-state index is 6.31. The average Bonchev–Trinajstić information content (AvgIpc) is 3.09. The Kier molecular flexibility index (Phi) is 5.71. The van der Waals surface area contributed by atoms with Gasteiger partial charge in [-0.1, -0.05) is 40.5 Å². The van der Waals surface area contributed by atoms with E-state index in [9.17, 15) is 0 Å². The number of aryl methyl sites for hydroxylation is 1. The van der Waals surface area contributed by atoms with Gasteiger partial charge in [0, 0.05) is 11.9 Å². The van der Waals surface area contributed by atoms with Crippen LogP contribution >= 0.6 is 0 Å². The highest BCUT2D eigenvalue weighted by Crippen LogP contribution is 2.35. The molecule has 2 nitrogen and oxygen atoms in total. The third-order valence-corrected chi connectivity index (χ3v) is 4.78. The van der Waals surface area contributed by atoms with E-state index in [2.05, 4.69) is 44.5 Å². The molecule has 0 radical (unpaired) electrons. The van der Waals surface area contributed by atoms with Crippen molar-refractivity contribution in [2.45, 2.75) is 90.9 Å². The molecule has 3 atom stereocenters. The molecule has 0 spiro atoms. The van der Waals surface area contributed by atoms with Crippen LogP contribution in [-0.4, -0.2) is 10.7 Å². The molecule has 1 aromatic rings. The van der Waals surface area contributed by atoms with Crippen molar-refractivity contribution >= 4 is 0 Å². The maximum Gasteiger partial charge on any atom is 0.134 e. The van der Waals surface area contributed by atoms with Crippen LogP contribution in [0.1, 0.15) is 89.6 Å². The molecule has 2 rings (SSSR count). The molecule has 0 aromatic carbocycles. The Balaban J connectivity index is 2.11. The second kappa shape index (κ2) is 7.31. The van der Waals surface area contributed by atoms with E-state index in [0.29, 0.717) is 12.0 Å². The number of ether oxygens (including phenoxy) is 1. The maximum atomic E-state index is 6.31. The summed E-state index contributed by atoms with van der Waals surface area (Å²) in [6.45, 7) is 9.13. The van der Waals surface area contributed by atoms with Crippen molar-refractivity contribution in [2.75, 3.05) is 0 Å². The van der Waals surface area contributed by atoms with Crippen LogP contribution < -0.4 is 0 Å². The van der Waals surface area contributed by atoms with Crippen molar-refractivity contribution in [2.24, 2.45) is 0 Å². The van der Waals surface area contributed by atoms with Crippen molar-refractivity contribution in [3.05, 3.63) is 23.5 Å². The molecule has 1 aliphatic rings. The molecule has 20 heavy (non-hydrogen) atoms. The lowest BCUT2D eigenvalue weighted by molar-refractivity contribution is -0.00387. The molecule has 1 aromatic heterocycles. The first-order chi connectivity index (χ1) is 9.71. The lowest BCUT2D eigenvalue weighted by atomic mass is 9.99. The van der Waals surface area contributed by atoms with Crippen molar-refractivity contribution < 1.29 is 4.74 Å². The summed E-state index contributed by atoms with van der Waals surface area (Å²) in [6, 6.07) is 2.30. The molecule has 0 saturated carbocycles. The molecule has 0 N–H and O–H groups in total. The minimum atomic E-state index is 0.279. The van der Waals surface area contributed by atoms with E-state index in [1.807, 2.05) is 0 Å². The first-order valence-corrected chi connectivity index (χ1v) is 8.56. The van der Waals surface area contributed by atoms with Gasteiger partial charge < -0.3 is 9.30 Å². The zero-order valence-corrected chi connectivity index (χ0v) is 13.7. The normalized spacial score (nSPS) is 24.2. The molecular formula is C18H31NO. The molecule has 3 unspecified atom stereocenters. The Bertz CT molecular complexity index is 410. The zero-order valence-electron chi connectivity index (χ0n) is 13.7. The minimum Gasteiger partial charge on any atom is -0.355 e. The fourth-order valence-corrected chi connectivity index (χ4v) is 3.35. The van der Waals surface area contributed by atoms with Gasteiger partial charge in [0.05, 0.1) is 6.10 Å². The minimum absolute atomic E-state index is 0.279. The third kappa shape index (κ3) is 3.28. The molecule has 2 heteroatoms. The van der Waals surface area contributed by atoms with E-state index in [0.717, 1.165) is 6.42 Å². The Morgan fingerprint density at radius 2 is 2.10 bits per heavy atom. The van der Waals surface area contributed by atoms with Crippen LogP contribution in [0.3, 0.4) is 0 Å². The molecule has 0 bridgehead atoms. The molecular weight excluding hydrogens is 246 g/mol. The molecule has 0 amide bonds. The van der Waals surface area contributed by atoms with Gasteiger partial charge in [-0.3, -0.25) is 0 Å². The second-order valence-electron chi connectivity index (χ2n) is 6.23. The van der Waals surface area contributed by atoms with Gasteiger partial charge >= 0.3 is 0 Å². The summed E-state index contributed by atoms with van der Waals surface area (Å²) in [5.74, 6) is 0.623. The Morgan fingerprint density at radius 1 is 1.30 bits per heavy atom. The average molecular weight is 277 g/mol. The zero-order chi connectivity index (χ0) is 14.5. The molecule has 1 saturated heterocycles. The van der Waals surface area contributed by atoms with Gasteiger partial charge in [0.25, 0.3) is 0 Å². The quantitative estimate of drug-likeness (QED) is 0.648. The lowest BCUT2D eigenvalue weighted by Gasteiger charge is -2.22. The van der Waals surface area contributed by atoms with E-state index >= 15 is 0 Å². The number of hydrogen-bond acceptors (Lipinski definition) is 1. The monoisotopic (exact) mass is 277 g/mol. The summed E-state index contributed by atoms with van der Waals surface area (Å²) in [7, 11) is 0. The van der Waals surface area contributed by atoms with Crippen LogP contribution in [0.5, 0.6) is 0 Å². The van der Waals surface area contributed by atoms with E-state index < -0.39 is 0 Å². The smallest absolute Gasteiger partial charge is 0.134 e. The van der Waals surface area contributed by atoms with Gasteiger partial charge in [-0.2, -0.15) is 0 Å². The molecule has 1 aliphatic heterocycles. The standard InChI is InChI=1S/C18H31NO/c1-5-8-9-16-10-11-17(20-16)19-13-12-15(7-3)18(19)14(4)6-2/h12-14,16-17H,5-11H2,1-4H3. The van der Waals surface area contributed by atoms with Crippen LogP contribution in [0.4, 0.5) is 0 Å². The SMILES string of the molecule is CCCCC1CCC(n2ccc(CC)c2C(C)CC)O1.